The molecule has 0 bridgehead atoms. The molecule has 0 spiro atoms. The number of aliphatic carboxylic acids is 1. The zero-order valence-electron chi connectivity index (χ0n) is 11.9. The second-order valence-electron chi connectivity index (χ2n) is 4.34. The number of anilines is 1. The largest absolute Gasteiger partial charge is 0.481 e. The summed E-state index contributed by atoms with van der Waals surface area (Å²) in [6.45, 7) is 3.43. The van der Waals surface area contributed by atoms with Crippen molar-refractivity contribution in [1.29, 1.82) is 0 Å². The number of esters is 1. The van der Waals surface area contributed by atoms with Gasteiger partial charge in [-0.25, -0.2) is 9.59 Å². The molecule has 0 fully saturated rings. The van der Waals surface area contributed by atoms with E-state index in [1.807, 2.05) is 0 Å². The molecule has 0 saturated carbocycles. The highest BCUT2D eigenvalue weighted by Crippen LogP contribution is 2.11. The van der Waals surface area contributed by atoms with E-state index >= 15 is 0 Å². The van der Waals surface area contributed by atoms with Crippen LogP contribution in [0.2, 0.25) is 0 Å². The Morgan fingerprint density at radius 3 is 2.67 bits per heavy atom. The zero-order valence-corrected chi connectivity index (χ0v) is 11.9. The van der Waals surface area contributed by atoms with Crippen LogP contribution in [0.1, 0.15) is 19.4 Å². The van der Waals surface area contributed by atoms with E-state index in [9.17, 15) is 14.4 Å². The highest BCUT2D eigenvalue weighted by molar-refractivity contribution is 5.92. The summed E-state index contributed by atoms with van der Waals surface area (Å²) in [5, 5.41) is 13.7. The van der Waals surface area contributed by atoms with Crippen LogP contribution in [0.4, 0.5) is 10.5 Å². The Labute approximate surface area is 122 Å². The van der Waals surface area contributed by atoms with Crippen molar-refractivity contribution < 1.29 is 24.2 Å². The van der Waals surface area contributed by atoms with Crippen LogP contribution < -0.4 is 10.6 Å². The Morgan fingerprint density at radius 2 is 2.05 bits per heavy atom. The maximum Gasteiger partial charge on any atom is 0.328 e. The number of carboxylic acids is 1. The number of ether oxygens (including phenoxy) is 1. The first-order valence-corrected chi connectivity index (χ1v) is 6.47. The van der Waals surface area contributed by atoms with Crippen molar-refractivity contribution in [3.05, 3.63) is 29.8 Å². The van der Waals surface area contributed by atoms with Crippen molar-refractivity contribution in [3.63, 3.8) is 0 Å². The minimum Gasteiger partial charge on any atom is -0.481 e. The summed E-state index contributed by atoms with van der Waals surface area (Å²) in [4.78, 5) is 33.7. The van der Waals surface area contributed by atoms with E-state index in [4.69, 9.17) is 9.84 Å². The van der Waals surface area contributed by atoms with Gasteiger partial charge in [0.15, 0.2) is 0 Å². The summed E-state index contributed by atoms with van der Waals surface area (Å²) < 4.78 is 4.77. The van der Waals surface area contributed by atoms with Crippen LogP contribution in [0, 0.1) is 0 Å². The van der Waals surface area contributed by atoms with E-state index in [0.29, 0.717) is 11.3 Å². The lowest BCUT2D eigenvalue weighted by molar-refractivity contribution is -0.144. The van der Waals surface area contributed by atoms with Gasteiger partial charge in [-0.05, 0) is 31.5 Å². The smallest absolute Gasteiger partial charge is 0.328 e. The van der Waals surface area contributed by atoms with Crippen LogP contribution in [0.15, 0.2) is 24.3 Å². The molecule has 0 aliphatic rings. The molecule has 0 saturated heterocycles. The highest BCUT2D eigenvalue weighted by atomic mass is 16.5. The van der Waals surface area contributed by atoms with E-state index in [-0.39, 0.29) is 13.0 Å². The summed E-state index contributed by atoms with van der Waals surface area (Å²) in [6, 6.07) is 5.14. The average Bonchev–Trinajstić information content (AvgIpc) is 2.38. The minimum atomic E-state index is -0.951. The molecule has 0 heterocycles. The number of carbonyl (C=O) groups is 3. The lowest BCUT2D eigenvalue weighted by atomic mass is 10.1. The molecule has 1 unspecified atom stereocenters. The number of hydrogen-bond acceptors (Lipinski definition) is 4. The van der Waals surface area contributed by atoms with Gasteiger partial charge < -0.3 is 20.5 Å². The molecule has 114 valence electrons. The standard InChI is InChI=1S/C14H18N2O5/c1-3-21-13(19)9(2)15-14(20)16-11-6-4-5-10(7-11)8-12(17)18/h4-7,9H,3,8H2,1-2H3,(H,17,18)(H2,15,16,20). The molecule has 1 atom stereocenters. The fourth-order valence-electron chi connectivity index (χ4n) is 1.62. The van der Waals surface area contributed by atoms with Gasteiger partial charge in [-0.3, -0.25) is 4.79 Å². The molecule has 1 aromatic rings. The maximum absolute atomic E-state index is 11.7. The third-order valence-corrected chi connectivity index (χ3v) is 2.53. The second-order valence-corrected chi connectivity index (χ2v) is 4.34. The number of carboxylic acid groups (broad SMARTS) is 1. The summed E-state index contributed by atoms with van der Waals surface area (Å²) in [5.74, 6) is -1.47. The first-order valence-electron chi connectivity index (χ1n) is 6.47. The minimum absolute atomic E-state index is 0.129. The van der Waals surface area contributed by atoms with Crippen LogP contribution >= 0.6 is 0 Å². The summed E-state index contributed by atoms with van der Waals surface area (Å²) in [6.07, 6.45) is -0.129. The predicted octanol–water partition coefficient (Wildman–Crippen LogP) is 1.39. The van der Waals surface area contributed by atoms with Crippen molar-refractivity contribution in [1.82, 2.24) is 5.32 Å². The average molecular weight is 294 g/mol. The normalized spacial score (nSPS) is 11.3. The summed E-state index contributed by atoms with van der Waals surface area (Å²) in [7, 11) is 0. The topological polar surface area (TPSA) is 105 Å². The molecule has 7 nitrogen and oxygen atoms in total. The van der Waals surface area contributed by atoms with Crippen LogP contribution in [0.3, 0.4) is 0 Å². The Bertz CT molecular complexity index is 530. The van der Waals surface area contributed by atoms with Crippen molar-refractivity contribution in [2.45, 2.75) is 26.3 Å². The van der Waals surface area contributed by atoms with Gasteiger partial charge in [0.25, 0.3) is 0 Å². The van der Waals surface area contributed by atoms with Gasteiger partial charge in [-0.2, -0.15) is 0 Å². The molecule has 0 aliphatic carbocycles. The zero-order chi connectivity index (χ0) is 15.8. The number of hydrogen-bond donors (Lipinski definition) is 3. The second kappa shape index (κ2) is 7.88. The molecule has 0 radical (unpaired) electrons. The lowest BCUT2D eigenvalue weighted by Gasteiger charge is -2.13. The molecule has 2 amide bonds. The van der Waals surface area contributed by atoms with Gasteiger partial charge >= 0.3 is 18.0 Å². The Kier molecular flexibility index (Phi) is 6.19. The molecule has 7 heteroatoms. The lowest BCUT2D eigenvalue weighted by Crippen LogP contribution is -2.41. The third-order valence-electron chi connectivity index (χ3n) is 2.53. The summed E-state index contributed by atoms with van der Waals surface area (Å²) in [5.41, 5.74) is 1.01. The van der Waals surface area contributed by atoms with Crippen molar-refractivity contribution >= 4 is 23.7 Å². The number of nitrogens with one attached hydrogen (secondary N) is 2. The molecule has 1 aromatic carbocycles. The first kappa shape index (κ1) is 16.5. The molecule has 0 aromatic heterocycles. The monoisotopic (exact) mass is 294 g/mol. The summed E-state index contributed by atoms with van der Waals surface area (Å²) >= 11 is 0. The van der Waals surface area contributed by atoms with Gasteiger partial charge in [0.2, 0.25) is 0 Å². The fraction of sp³-hybridized carbons (Fsp3) is 0.357. The predicted molar refractivity (Wildman–Crippen MR) is 76.0 cm³/mol. The Morgan fingerprint density at radius 1 is 1.33 bits per heavy atom. The molecule has 3 N–H and O–H groups in total. The molecular formula is C14H18N2O5. The quantitative estimate of drug-likeness (QED) is 0.688. The van der Waals surface area contributed by atoms with Crippen LogP contribution in [0.5, 0.6) is 0 Å². The Balaban J connectivity index is 2.58. The Hall–Kier alpha value is -2.57. The number of rotatable bonds is 6. The van der Waals surface area contributed by atoms with E-state index in [0.717, 1.165) is 0 Å². The van der Waals surface area contributed by atoms with Crippen molar-refractivity contribution in [2.75, 3.05) is 11.9 Å². The first-order chi connectivity index (χ1) is 9.92. The van der Waals surface area contributed by atoms with E-state index in [1.165, 1.54) is 6.92 Å². The van der Waals surface area contributed by atoms with Crippen LogP contribution in [0.25, 0.3) is 0 Å². The van der Waals surface area contributed by atoms with Gasteiger partial charge in [0.1, 0.15) is 6.04 Å². The SMILES string of the molecule is CCOC(=O)C(C)NC(=O)Nc1cccc(CC(=O)O)c1. The third kappa shape index (κ3) is 5.94. The van der Waals surface area contributed by atoms with Crippen LogP contribution in [-0.4, -0.2) is 35.7 Å². The number of carbonyl (C=O) groups excluding carboxylic acids is 2. The van der Waals surface area contributed by atoms with Crippen molar-refractivity contribution in [2.24, 2.45) is 0 Å². The maximum atomic E-state index is 11.7. The van der Waals surface area contributed by atoms with E-state index < -0.39 is 24.0 Å². The molecular weight excluding hydrogens is 276 g/mol. The van der Waals surface area contributed by atoms with Gasteiger partial charge in [-0.15, -0.1) is 0 Å². The fourth-order valence-corrected chi connectivity index (χ4v) is 1.62. The van der Waals surface area contributed by atoms with E-state index in [1.54, 1.807) is 31.2 Å². The van der Waals surface area contributed by atoms with E-state index in [2.05, 4.69) is 10.6 Å². The van der Waals surface area contributed by atoms with Gasteiger partial charge in [0, 0.05) is 5.69 Å². The molecule has 1 rings (SSSR count). The van der Waals surface area contributed by atoms with Crippen LogP contribution in [-0.2, 0) is 20.7 Å². The highest BCUT2D eigenvalue weighted by Gasteiger charge is 2.16. The van der Waals surface area contributed by atoms with Gasteiger partial charge in [0.05, 0.1) is 13.0 Å². The molecule has 0 aliphatic heterocycles. The van der Waals surface area contributed by atoms with Crippen molar-refractivity contribution in [3.8, 4) is 0 Å². The molecule has 21 heavy (non-hydrogen) atoms. The number of benzene rings is 1. The number of amides is 2. The number of urea groups is 1. The van der Waals surface area contributed by atoms with Gasteiger partial charge in [-0.1, -0.05) is 12.1 Å².